The van der Waals surface area contributed by atoms with Crippen LogP contribution in [0.5, 0.6) is 0 Å². The zero-order chi connectivity index (χ0) is 20.5. The summed E-state index contributed by atoms with van der Waals surface area (Å²) < 4.78 is 1.78. The number of carbonyl (C=O) groups excluding carboxylic acids is 2. The lowest BCUT2D eigenvalue weighted by atomic mass is 10.0. The first-order valence-corrected chi connectivity index (χ1v) is 10.2. The van der Waals surface area contributed by atoms with E-state index in [-0.39, 0.29) is 17.9 Å². The maximum atomic E-state index is 13.2. The van der Waals surface area contributed by atoms with Gasteiger partial charge in [-0.3, -0.25) is 29.1 Å². The molecule has 1 atom stereocenters. The summed E-state index contributed by atoms with van der Waals surface area (Å²) >= 11 is 0. The van der Waals surface area contributed by atoms with Crippen LogP contribution in [-0.4, -0.2) is 75.1 Å². The molecule has 0 N–H and O–H groups in total. The highest BCUT2D eigenvalue weighted by molar-refractivity contribution is 5.97. The van der Waals surface area contributed by atoms with Crippen molar-refractivity contribution in [2.45, 2.75) is 32.7 Å². The van der Waals surface area contributed by atoms with Crippen molar-refractivity contribution in [3.05, 3.63) is 41.3 Å². The summed E-state index contributed by atoms with van der Waals surface area (Å²) in [6, 6.07) is 5.52. The van der Waals surface area contributed by atoms with Crippen LogP contribution in [0.4, 0.5) is 5.82 Å². The number of amides is 2. The number of piperazine rings is 1. The molecule has 8 nitrogen and oxygen atoms in total. The predicted molar refractivity (Wildman–Crippen MR) is 110 cm³/mol. The molecule has 1 unspecified atom stereocenters. The number of anilines is 1. The van der Waals surface area contributed by atoms with E-state index in [1.165, 1.54) is 0 Å². The summed E-state index contributed by atoms with van der Waals surface area (Å²) in [5, 5.41) is 4.38. The normalized spacial score (nSPS) is 20.9. The number of aromatic nitrogens is 3. The van der Waals surface area contributed by atoms with Gasteiger partial charge in [-0.25, -0.2) is 0 Å². The lowest BCUT2D eigenvalue weighted by molar-refractivity contribution is -0.126. The highest BCUT2D eigenvalue weighted by Crippen LogP contribution is 2.25. The standard InChI is InChI=1S/C21H28N6O2/c1-15-6-7-17(22-14-15)20(28)26-11-9-25(10-12-26)18-5-4-8-27(21(18)29)19-13-16(2)23-24(19)3/h6-7,13-14,18H,4-5,8-12H2,1-3H3. The molecule has 2 saturated heterocycles. The number of nitrogens with zero attached hydrogens (tertiary/aromatic N) is 6. The second kappa shape index (κ2) is 7.94. The van der Waals surface area contributed by atoms with Crippen molar-refractivity contribution < 1.29 is 9.59 Å². The lowest BCUT2D eigenvalue weighted by Gasteiger charge is -2.42. The van der Waals surface area contributed by atoms with Crippen LogP contribution in [0.1, 0.15) is 34.6 Å². The highest BCUT2D eigenvalue weighted by atomic mass is 16.2. The zero-order valence-corrected chi connectivity index (χ0v) is 17.3. The molecule has 0 spiro atoms. The van der Waals surface area contributed by atoms with Crippen LogP contribution in [0.2, 0.25) is 0 Å². The molecular formula is C21H28N6O2. The molecule has 29 heavy (non-hydrogen) atoms. The van der Waals surface area contributed by atoms with Gasteiger partial charge in [0.1, 0.15) is 11.5 Å². The van der Waals surface area contributed by atoms with Crippen LogP contribution in [0.3, 0.4) is 0 Å². The molecule has 0 aliphatic carbocycles. The van der Waals surface area contributed by atoms with Crippen molar-refractivity contribution in [3.63, 3.8) is 0 Å². The van der Waals surface area contributed by atoms with E-state index < -0.39 is 0 Å². The molecule has 2 aliphatic heterocycles. The van der Waals surface area contributed by atoms with E-state index in [4.69, 9.17) is 0 Å². The number of piperidine rings is 1. The summed E-state index contributed by atoms with van der Waals surface area (Å²) in [7, 11) is 1.88. The van der Waals surface area contributed by atoms with Gasteiger partial charge in [0.05, 0.1) is 11.7 Å². The number of pyridine rings is 1. The van der Waals surface area contributed by atoms with E-state index in [0.29, 0.717) is 31.9 Å². The number of carbonyl (C=O) groups is 2. The van der Waals surface area contributed by atoms with E-state index >= 15 is 0 Å². The Balaban J connectivity index is 1.40. The third-order valence-corrected chi connectivity index (χ3v) is 5.84. The molecule has 2 aromatic rings. The fraction of sp³-hybridized carbons (Fsp3) is 0.524. The summed E-state index contributed by atoms with van der Waals surface area (Å²) in [5.74, 6) is 0.960. The van der Waals surface area contributed by atoms with Crippen LogP contribution < -0.4 is 4.90 Å². The van der Waals surface area contributed by atoms with E-state index in [0.717, 1.165) is 36.5 Å². The van der Waals surface area contributed by atoms with Gasteiger partial charge in [0.2, 0.25) is 5.91 Å². The molecule has 2 amide bonds. The Hall–Kier alpha value is -2.74. The Morgan fingerprint density at radius 1 is 1.10 bits per heavy atom. The fourth-order valence-electron chi connectivity index (χ4n) is 4.27. The molecule has 0 bridgehead atoms. The molecule has 0 aromatic carbocycles. The van der Waals surface area contributed by atoms with Crippen LogP contribution in [-0.2, 0) is 11.8 Å². The number of hydrogen-bond donors (Lipinski definition) is 0. The molecule has 2 fully saturated rings. The maximum Gasteiger partial charge on any atom is 0.272 e. The van der Waals surface area contributed by atoms with Crippen molar-refractivity contribution in [1.29, 1.82) is 0 Å². The van der Waals surface area contributed by atoms with Crippen molar-refractivity contribution in [2.24, 2.45) is 7.05 Å². The minimum absolute atomic E-state index is 0.0355. The molecule has 2 aromatic heterocycles. The van der Waals surface area contributed by atoms with E-state index in [1.807, 2.05) is 42.8 Å². The van der Waals surface area contributed by atoms with Crippen LogP contribution in [0.25, 0.3) is 0 Å². The number of aryl methyl sites for hydroxylation is 3. The predicted octanol–water partition coefficient (Wildman–Crippen LogP) is 1.39. The number of rotatable bonds is 3. The third kappa shape index (κ3) is 3.89. The number of hydrogen-bond acceptors (Lipinski definition) is 5. The van der Waals surface area contributed by atoms with Crippen LogP contribution in [0, 0.1) is 13.8 Å². The molecule has 0 radical (unpaired) electrons. The van der Waals surface area contributed by atoms with E-state index in [2.05, 4.69) is 15.0 Å². The van der Waals surface area contributed by atoms with Gasteiger partial charge in [-0.1, -0.05) is 6.07 Å². The summed E-state index contributed by atoms with van der Waals surface area (Å²) in [4.78, 5) is 36.1. The molecule has 154 valence electrons. The molecule has 4 rings (SSSR count). The minimum Gasteiger partial charge on any atom is -0.335 e. The molecule has 0 saturated carbocycles. The Kier molecular flexibility index (Phi) is 5.36. The first-order chi connectivity index (χ1) is 13.9. The van der Waals surface area contributed by atoms with Crippen molar-refractivity contribution in [2.75, 3.05) is 37.6 Å². The van der Waals surface area contributed by atoms with Crippen molar-refractivity contribution >= 4 is 17.6 Å². The Labute approximate surface area is 171 Å². The first kappa shape index (κ1) is 19.6. The molecule has 2 aliphatic rings. The summed E-state index contributed by atoms with van der Waals surface area (Å²) in [6.45, 7) is 7.25. The monoisotopic (exact) mass is 396 g/mol. The SMILES string of the molecule is Cc1ccc(C(=O)N2CCN(C3CCCN(c4cc(C)nn4C)C3=O)CC2)nc1. The molecular weight excluding hydrogens is 368 g/mol. The van der Waals surface area contributed by atoms with E-state index in [9.17, 15) is 9.59 Å². The van der Waals surface area contributed by atoms with Gasteiger partial charge in [-0.05, 0) is 38.3 Å². The van der Waals surface area contributed by atoms with Crippen LogP contribution >= 0.6 is 0 Å². The third-order valence-electron chi connectivity index (χ3n) is 5.84. The van der Waals surface area contributed by atoms with Crippen LogP contribution in [0.15, 0.2) is 24.4 Å². The molecule has 8 heteroatoms. The van der Waals surface area contributed by atoms with Gasteiger partial charge < -0.3 is 4.90 Å². The summed E-state index contributed by atoms with van der Waals surface area (Å²) in [6.07, 6.45) is 3.55. The second-order valence-corrected chi connectivity index (χ2v) is 7.96. The first-order valence-electron chi connectivity index (χ1n) is 10.2. The van der Waals surface area contributed by atoms with Gasteiger partial charge in [-0.15, -0.1) is 0 Å². The minimum atomic E-state index is -0.131. The van der Waals surface area contributed by atoms with Gasteiger partial charge in [0, 0.05) is 52.0 Å². The largest absolute Gasteiger partial charge is 0.335 e. The van der Waals surface area contributed by atoms with Gasteiger partial charge in [0.15, 0.2) is 0 Å². The van der Waals surface area contributed by atoms with Gasteiger partial charge in [-0.2, -0.15) is 5.10 Å². The average molecular weight is 396 g/mol. The maximum absolute atomic E-state index is 13.2. The molecule has 4 heterocycles. The van der Waals surface area contributed by atoms with Crippen molar-refractivity contribution in [3.8, 4) is 0 Å². The smallest absolute Gasteiger partial charge is 0.272 e. The lowest BCUT2D eigenvalue weighted by Crippen LogP contribution is -2.58. The second-order valence-electron chi connectivity index (χ2n) is 7.96. The Morgan fingerprint density at radius 2 is 1.86 bits per heavy atom. The zero-order valence-electron chi connectivity index (χ0n) is 17.3. The fourth-order valence-corrected chi connectivity index (χ4v) is 4.27. The summed E-state index contributed by atoms with van der Waals surface area (Å²) in [5.41, 5.74) is 2.43. The topological polar surface area (TPSA) is 74.6 Å². The van der Waals surface area contributed by atoms with Gasteiger partial charge in [0.25, 0.3) is 5.91 Å². The van der Waals surface area contributed by atoms with Gasteiger partial charge >= 0.3 is 0 Å². The Bertz CT molecular complexity index is 898. The average Bonchev–Trinajstić information content (AvgIpc) is 3.06. The highest BCUT2D eigenvalue weighted by Gasteiger charge is 2.37. The Morgan fingerprint density at radius 3 is 2.48 bits per heavy atom. The van der Waals surface area contributed by atoms with E-state index in [1.54, 1.807) is 16.9 Å². The van der Waals surface area contributed by atoms with Crippen molar-refractivity contribution in [1.82, 2.24) is 24.6 Å². The quantitative estimate of drug-likeness (QED) is 0.784.